The summed E-state index contributed by atoms with van der Waals surface area (Å²) in [6.45, 7) is 4.86. The molecular formula is C13H22N2O3S. The quantitative estimate of drug-likeness (QED) is 0.817. The predicted molar refractivity (Wildman–Crippen MR) is 75.2 cm³/mol. The Morgan fingerprint density at radius 3 is 2.63 bits per heavy atom. The number of likely N-dealkylation sites (N-methyl/N-ethyl adjacent to an activating group) is 1. The van der Waals surface area contributed by atoms with Gasteiger partial charge in [-0.2, -0.15) is 4.31 Å². The summed E-state index contributed by atoms with van der Waals surface area (Å²) in [6, 6.07) is 6.69. The van der Waals surface area contributed by atoms with Crippen LogP contribution in [0.5, 0.6) is 0 Å². The van der Waals surface area contributed by atoms with Crippen molar-refractivity contribution in [1.29, 1.82) is 0 Å². The Bertz CT molecular complexity index is 500. The molecule has 0 radical (unpaired) electrons. The van der Waals surface area contributed by atoms with Gasteiger partial charge in [0.05, 0.1) is 17.6 Å². The molecule has 0 aliphatic rings. The molecule has 108 valence electrons. The number of nitrogens with zero attached hydrogens (tertiary/aromatic N) is 1. The van der Waals surface area contributed by atoms with Gasteiger partial charge in [-0.25, -0.2) is 8.42 Å². The minimum absolute atomic E-state index is 0.0941. The third kappa shape index (κ3) is 4.58. The van der Waals surface area contributed by atoms with E-state index in [1.807, 2.05) is 13.8 Å². The maximum Gasteiger partial charge on any atom is 0.242 e. The second-order valence-electron chi connectivity index (χ2n) is 4.60. The Balaban J connectivity index is 2.78. The molecule has 6 heteroatoms. The number of nitrogens with two attached hydrogens (primary N) is 1. The van der Waals surface area contributed by atoms with E-state index in [0.29, 0.717) is 19.7 Å². The van der Waals surface area contributed by atoms with Gasteiger partial charge in [0.15, 0.2) is 0 Å². The summed E-state index contributed by atoms with van der Waals surface area (Å²) in [4.78, 5) is 0.266. The van der Waals surface area contributed by atoms with E-state index in [2.05, 4.69) is 0 Å². The lowest BCUT2D eigenvalue weighted by molar-refractivity contribution is 0.0737. The van der Waals surface area contributed by atoms with Gasteiger partial charge in [-0.3, -0.25) is 0 Å². The first-order valence-corrected chi connectivity index (χ1v) is 7.69. The molecule has 0 spiro atoms. The van der Waals surface area contributed by atoms with Crippen molar-refractivity contribution in [3.8, 4) is 0 Å². The number of benzene rings is 1. The van der Waals surface area contributed by atoms with Gasteiger partial charge in [-0.05, 0) is 31.5 Å². The molecule has 1 aromatic rings. The topological polar surface area (TPSA) is 72.6 Å². The first-order valence-electron chi connectivity index (χ1n) is 6.25. The van der Waals surface area contributed by atoms with Gasteiger partial charge in [-0.1, -0.05) is 12.1 Å². The highest BCUT2D eigenvalue weighted by atomic mass is 32.2. The van der Waals surface area contributed by atoms with Crippen LogP contribution in [0.3, 0.4) is 0 Å². The van der Waals surface area contributed by atoms with Crippen molar-refractivity contribution < 1.29 is 13.2 Å². The van der Waals surface area contributed by atoms with Crippen molar-refractivity contribution in [2.45, 2.75) is 31.4 Å². The largest absolute Gasteiger partial charge is 0.377 e. The molecule has 5 nitrogen and oxygen atoms in total. The zero-order valence-corrected chi connectivity index (χ0v) is 12.5. The molecule has 1 aromatic carbocycles. The van der Waals surface area contributed by atoms with Crippen LogP contribution in [0, 0.1) is 0 Å². The molecule has 0 bridgehead atoms. The number of hydrogen-bond acceptors (Lipinski definition) is 4. The van der Waals surface area contributed by atoms with E-state index in [-0.39, 0.29) is 11.0 Å². The van der Waals surface area contributed by atoms with E-state index in [1.54, 1.807) is 31.3 Å². The lowest BCUT2D eigenvalue weighted by Gasteiger charge is -2.18. The van der Waals surface area contributed by atoms with Crippen molar-refractivity contribution in [2.24, 2.45) is 5.73 Å². The molecule has 0 fully saturated rings. The molecule has 0 aromatic heterocycles. The lowest BCUT2D eigenvalue weighted by Crippen LogP contribution is -2.31. The molecule has 0 saturated carbocycles. The predicted octanol–water partition coefficient (Wildman–Crippen LogP) is 1.19. The van der Waals surface area contributed by atoms with E-state index in [0.717, 1.165) is 5.56 Å². The minimum atomic E-state index is -3.47. The average molecular weight is 286 g/mol. The van der Waals surface area contributed by atoms with Gasteiger partial charge in [0, 0.05) is 20.1 Å². The van der Waals surface area contributed by atoms with Crippen molar-refractivity contribution in [3.63, 3.8) is 0 Å². The molecule has 1 rings (SSSR count). The summed E-state index contributed by atoms with van der Waals surface area (Å²) in [5, 5.41) is 0. The third-order valence-corrected chi connectivity index (χ3v) is 4.55. The summed E-state index contributed by atoms with van der Waals surface area (Å²) in [5.74, 6) is 0. The van der Waals surface area contributed by atoms with E-state index < -0.39 is 10.0 Å². The molecule has 2 N–H and O–H groups in total. The molecule has 0 atom stereocenters. The summed E-state index contributed by atoms with van der Waals surface area (Å²) in [6.07, 6.45) is 0.0941. The Hall–Kier alpha value is -0.950. The first-order chi connectivity index (χ1) is 8.87. The zero-order chi connectivity index (χ0) is 14.5. The molecule has 0 unspecified atom stereocenters. The molecule has 0 heterocycles. The van der Waals surface area contributed by atoms with Crippen LogP contribution in [0.25, 0.3) is 0 Å². The second-order valence-corrected chi connectivity index (χ2v) is 6.64. The van der Waals surface area contributed by atoms with E-state index in [9.17, 15) is 8.42 Å². The van der Waals surface area contributed by atoms with Crippen LogP contribution in [0.1, 0.15) is 19.4 Å². The molecular weight excluding hydrogens is 264 g/mol. The lowest BCUT2D eigenvalue weighted by atomic mass is 10.2. The zero-order valence-electron chi connectivity index (χ0n) is 11.7. The fraction of sp³-hybridized carbons (Fsp3) is 0.538. The Morgan fingerprint density at radius 2 is 2.05 bits per heavy atom. The fourth-order valence-electron chi connectivity index (χ4n) is 1.55. The smallest absolute Gasteiger partial charge is 0.242 e. The average Bonchev–Trinajstić information content (AvgIpc) is 2.38. The number of rotatable bonds is 7. The third-order valence-electron chi connectivity index (χ3n) is 2.70. The summed E-state index contributed by atoms with van der Waals surface area (Å²) in [5.41, 5.74) is 6.32. The molecule has 19 heavy (non-hydrogen) atoms. The Morgan fingerprint density at radius 1 is 1.37 bits per heavy atom. The van der Waals surface area contributed by atoms with E-state index >= 15 is 0 Å². The normalized spacial score (nSPS) is 12.3. The van der Waals surface area contributed by atoms with Gasteiger partial charge < -0.3 is 10.5 Å². The minimum Gasteiger partial charge on any atom is -0.377 e. The van der Waals surface area contributed by atoms with Crippen LogP contribution >= 0.6 is 0 Å². The first kappa shape index (κ1) is 16.1. The highest BCUT2D eigenvalue weighted by Crippen LogP contribution is 2.15. The van der Waals surface area contributed by atoms with Crippen LogP contribution in [0.15, 0.2) is 29.2 Å². The monoisotopic (exact) mass is 286 g/mol. The van der Waals surface area contributed by atoms with Crippen molar-refractivity contribution in [1.82, 2.24) is 4.31 Å². The molecule has 0 saturated heterocycles. The summed E-state index contributed by atoms with van der Waals surface area (Å²) >= 11 is 0. The van der Waals surface area contributed by atoms with Crippen LogP contribution in [0.2, 0.25) is 0 Å². The van der Waals surface area contributed by atoms with E-state index in [1.165, 1.54) is 4.31 Å². The van der Waals surface area contributed by atoms with E-state index in [4.69, 9.17) is 10.5 Å². The van der Waals surface area contributed by atoms with Gasteiger partial charge in [-0.15, -0.1) is 0 Å². The highest BCUT2D eigenvalue weighted by Gasteiger charge is 2.20. The van der Waals surface area contributed by atoms with Crippen LogP contribution in [-0.2, 0) is 21.3 Å². The standard InChI is InChI=1S/C13H22N2O3S/c1-11(2)18-8-7-15(3)19(16,17)13-6-4-5-12(9-13)10-14/h4-6,9,11H,7-8,10,14H2,1-3H3. The Kier molecular flexibility index (Phi) is 5.93. The number of ether oxygens (including phenoxy) is 1. The second kappa shape index (κ2) is 7.00. The molecule has 0 aliphatic carbocycles. The van der Waals surface area contributed by atoms with Gasteiger partial charge in [0.2, 0.25) is 10.0 Å². The van der Waals surface area contributed by atoms with Gasteiger partial charge in [0.1, 0.15) is 0 Å². The van der Waals surface area contributed by atoms with Gasteiger partial charge >= 0.3 is 0 Å². The summed E-state index contributed by atoms with van der Waals surface area (Å²) in [7, 11) is -1.92. The summed E-state index contributed by atoms with van der Waals surface area (Å²) < 4.78 is 31.3. The van der Waals surface area contributed by atoms with Crippen molar-refractivity contribution in [2.75, 3.05) is 20.2 Å². The molecule has 0 amide bonds. The number of hydrogen-bond donors (Lipinski definition) is 1. The van der Waals surface area contributed by atoms with Crippen LogP contribution < -0.4 is 5.73 Å². The maximum atomic E-state index is 12.3. The SMILES string of the molecule is CC(C)OCCN(C)S(=O)(=O)c1cccc(CN)c1. The molecule has 0 aliphatic heterocycles. The van der Waals surface area contributed by atoms with Gasteiger partial charge in [0.25, 0.3) is 0 Å². The Labute approximate surface area is 115 Å². The fourth-order valence-corrected chi connectivity index (χ4v) is 2.78. The maximum absolute atomic E-state index is 12.3. The van der Waals surface area contributed by atoms with Crippen LogP contribution in [0.4, 0.5) is 0 Å². The highest BCUT2D eigenvalue weighted by molar-refractivity contribution is 7.89. The van der Waals surface area contributed by atoms with Crippen LogP contribution in [-0.4, -0.2) is 39.0 Å². The number of sulfonamides is 1. The van der Waals surface area contributed by atoms with Crippen molar-refractivity contribution in [3.05, 3.63) is 29.8 Å². The van der Waals surface area contributed by atoms with Crippen molar-refractivity contribution >= 4 is 10.0 Å².